The summed E-state index contributed by atoms with van der Waals surface area (Å²) in [6.07, 6.45) is -3.86. The van der Waals surface area contributed by atoms with Gasteiger partial charge >= 0.3 is 6.18 Å². The first kappa shape index (κ1) is 23.2. The Hall–Kier alpha value is -3.48. The van der Waals surface area contributed by atoms with Crippen LogP contribution in [0.25, 0.3) is 0 Å². The molecule has 0 radical (unpaired) electrons. The average Bonchev–Trinajstić information content (AvgIpc) is 2.79. The van der Waals surface area contributed by atoms with Crippen molar-refractivity contribution < 1.29 is 27.4 Å². The van der Waals surface area contributed by atoms with Gasteiger partial charge in [-0.05, 0) is 42.3 Å². The Balaban J connectivity index is 1.83. The van der Waals surface area contributed by atoms with Crippen LogP contribution in [0.1, 0.15) is 16.7 Å². The van der Waals surface area contributed by atoms with Gasteiger partial charge in [-0.1, -0.05) is 36.4 Å². The van der Waals surface area contributed by atoms with E-state index in [0.29, 0.717) is 35.7 Å². The first-order valence-electron chi connectivity index (χ1n) is 10.0. The lowest BCUT2D eigenvalue weighted by Crippen LogP contribution is -2.34. The number of halogens is 3. The van der Waals surface area contributed by atoms with Crippen molar-refractivity contribution in [3.05, 3.63) is 89.5 Å². The Kier molecular flexibility index (Phi) is 7.41. The van der Waals surface area contributed by atoms with Gasteiger partial charge in [0.1, 0.15) is 11.5 Å². The zero-order valence-electron chi connectivity index (χ0n) is 17.9. The van der Waals surface area contributed by atoms with E-state index in [1.54, 1.807) is 49.5 Å². The second-order valence-corrected chi connectivity index (χ2v) is 7.18. The monoisotopic (exact) mass is 443 g/mol. The second-order valence-electron chi connectivity index (χ2n) is 7.18. The Morgan fingerprint density at radius 3 is 2.28 bits per heavy atom. The van der Waals surface area contributed by atoms with Crippen LogP contribution in [0, 0.1) is 0 Å². The van der Waals surface area contributed by atoms with Crippen molar-refractivity contribution in [1.29, 1.82) is 0 Å². The summed E-state index contributed by atoms with van der Waals surface area (Å²) in [6.45, 7) is 0.298. The molecule has 168 valence electrons. The molecule has 4 nitrogen and oxygen atoms in total. The van der Waals surface area contributed by atoms with Crippen molar-refractivity contribution in [1.82, 2.24) is 0 Å². The van der Waals surface area contributed by atoms with Crippen molar-refractivity contribution in [2.24, 2.45) is 0 Å². The molecule has 0 N–H and O–H groups in total. The van der Waals surface area contributed by atoms with E-state index in [0.717, 1.165) is 17.7 Å². The molecule has 0 saturated carbocycles. The van der Waals surface area contributed by atoms with Crippen molar-refractivity contribution in [2.45, 2.75) is 19.0 Å². The van der Waals surface area contributed by atoms with E-state index in [4.69, 9.17) is 9.47 Å². The van der Waals surface area contributed by atoms with E-state index >= 15 is 0 Å². The lowest BCUT2D eigenvalue weighted by molar-refractivity contribution is -0.137. The highest BCUT2D eigenvalue weighted by atomic mass is 19.4. The molecule has 0 aliphatic rings. The Morgan fingerprint density at radius 2 is 1.62 bits per heavy atom. The molecule has 0 bridgehead atoms. The number of carbonyl (C=O) groups excluding carboxylic acids is 1. The number of hydrogen-bond donors (Lipinski definition) is 0. The van der Waals surface area contributed by atoms with Crippen molar-refractivity contribution in [3.63, 3.8) is 0 Å². The SMILES string of the molecule is COc1cccc(N(CCc2ccc(C(F)(F)F)cc2)C(=O)Cc2ccccc2OC)c1. The first-order chi connectivity index (χ1) is 15.3. The molecule has 0 saturated heterocycles. The molecule has 3 aromatic carbocycles. The predicted molar refractivity (Wildman–Crippen MR) is 117 cm³/mol. The van der Waals surface area contributed by atoms with Crippen LogP contribution in [0.4, 0.5) is 18.9 Å². The minimum atomic E-state index is -4.38. The van der Waals surface area contributed by atoms with Crippen LogP contribution in [0.15, 0.2) is 72.8 Å². The lowest BCUT2D eigenvalue weighted by Gasteiger charge is -2.24. The van der Waals surface area contributed by atoms with Gasteiger partial charge in [-0.15, -0.1) is 0 Å². The van der Waals surface area contributed by atoms with E-state index in [2.05, 4.69) is 0 Å². The molecule has 0 aromatic heterocycles. The molecule has 7 heteroatoms. The van der Waals surface area contributed by atoms with Gasteiger partial charge in [0, 0.05) is 23.9 Å². The van der Waals surface area contributed by atoms with Gasteiger partial charge in [-0.3, -0.25) is 4.79 Å². The third-order valence-corrected chi connectivity index (χ3v) is 5.11. The van der Waals surface area contributed by atoms with Crippen molar-refractivity contribution >= 4 is 11.6 Å². The van der Waals surface area contributed by atoms with Crippen LogP contribution in [0.2, 0.25) is 0 Å². The maximum Gasteiger partial charge on any atom is 0.416 e. The molecule has 3 rings (SSSR count). The van der Waals surface area contributed by atoms with Gasteiger partial charge in [-0.2, -0.15) is 13.2 Å². The number of anilines is 1. The summed E-state index contributed by atoms with van der Waals surface area (Å²) < 4.78 is 49.1. The van der Waals surface area contributed by atoms with Crippen LogP contribution >= 0.6 is 0 Å². The number of para-hydroxylation sites is 1. The number of ether oxygens (including phenoxy) is 2. The quantitative estimate of drug-likeness (QED) is 0.459. The van der Waals surface area contributed by atoms with Crippen molar-refractivity contribution in [2.75, 3.05) is 25.7 Å². The van der Waals surface area contributed by atoms with Gasteiger partial charge in [0.15, 0.2) is 0 Å². The Labute approximate surface area is 185 Å². The standard InChI is InChI=1S/C25H24F3NO3/c1-31-22-8-5-7-21(17-22)29(24(30)16-19-6-3-4-9-23(19)32-2)15-14-18-10-12-20(13-11-18)25(26,27)28/h3-13,17H,14-16H2,1-2H3. The molecular formula is C25H24F3NO3. The minimum absolute atomic E-state index is 0.119. The average molecular weight is 443 g/mol. The fourth-order valence-electron chi connectivity index (χ4n) is 3.38. The van der Waals surface area contributed by atoms with Gasteiger partial charge in [0.05, 0.1) is 26.2 Å². The highest BCUT2D eigenvalue weighted by Gasteiger charge is 2.30. The van der Waals surface area contributed by atoms with Crippen LogP contribution < -0.4 is 14.4 Å². The molecule has 0 unspecified atom stereocenters. The molecule has 3 aromatic rings. The fraction of sp³-hybridized carbons (Fsp3) is 0.240. The molecular weight excluding hydrogens is 419 g/mol. The van der Waals surface area contributed by atoms with Gasteiger partial charge < -0.3 is 14.4 Å². The van der Waals surface area contributed by atoms with Crippen LogP contribution in [-0.2, 0) is 23.8 Å². The van der Waals surface area contributed by atoms with Crippen LogP contribution in [0.5, 0.6) is 11.5 Å². The van der Waals surface area contributed by atoms with Gasteiger partial charge in [-0.25, -0.2) is 0 Å². The molecule has 0 heterocycles. The summed E-state index contributed by atoms with van der Waals surface area (Å²) >= 11 is 0. The van der Waals surface area contributed by atoms with Crippen LogP contribution in [0.3, 0.4) is 0 Å². The number of methoxy groups -OCH3 is 2. The summed E-state index contributed by atoms with van der Waals surface area (Å²) in [4.78, 5) is 14.9. The summed E-state index contributed by atoms with van der Waals surface area (Å²) in [7, 11) is 3.09. The van der Waals surface area contributed by atoms with E-state index < -0.39 is 11.7 Å². The molecule has 0 aliphatic carbocycles. The number of alkyl halides is 3. The number of amides is 1. The molecule has 0 atom stereocenters. The van der Waals surface area contributed by atoms with Gasteiger partial charge in [0.2, 0.25) is 5.91 Å². The second kappa shape index (κ2) is 10.2. The molecule has 1 amide bonds. The zero-order chi connectivity index (χ0) is 23.1. The molecule has 0 fully saturated rings. The smallest absolute Gasteiger partial charge is 0.416 e. The lowest BCUT2D eigenvalue weighted by atomic mass is 10.1. The van der Waals surface area contributed by atoms with E-state index in [9.17, 15) is 18.0 Å². The van der Waals surface area contributed by atoms with E-state index in [1.807, 2.05) is 18.2 Å². The summed E-state index contributed by atoms with van der Waals surface area (Å²) in [6, 6.07) is 19.4. The highest BCUT2D eigenvalue weighted by molar-refractivity contribution is 5.95. The van der Waals surface area contributed by atoms with Gasteiger partial charge in [0.25, 0.3) is 0 Å². The highest BCUT2D eigenvalue weighted by Crippen LogP contribution is 2.29. The predicted octanol–water partition coefficient (Wildman–Crippen LogP) is 5.54. The number of rotatable bonds is 8. The first-order valence-corrected chi connectivity index (χ1v) is 10.0. The van der Waals surface area contributed by atoms with Crippen molar-refractivity contribution in [3.8, 4) is 11.5 Å². The largest absolute Gasteiger partial charge is 0.497 e. The van der Waals surface area contributed by atoms with E-state index in [-0.39, 0.29) is 12.3 Å². The third kappa shape index (κ3) is 5.81. The molecule has 32 heavy (non-hydrogen) atoms. The maximum atomic E-state index is 13.3. The maximum absolute atomic E-state index is 13.3. The Bertz CT molecular complexity index is 1050. The Morgan fingerprint density at radius 1 is 0.906 bits per heavy atom. The topological polar surface area (TPSA) is 38.8 Å². The molecule has 0 aliphatic heterocycles. The normalized spacial score (nSPS) is 11.2. The summed E-state index contributed by atoms with van der Waals surface area (Å²) in [5.74, 6) is 1.07. The number of benzene rings is 3. The minimum Gasteiger partial charge on any atom is -0.497 e. The number of nitrogens with zero attached hydrogens (tertiary/aromatic N) is 1. The molecule has 0 spiro atoms. The third-order valence-electron chi connectivity index (χ3n) is 5.11. The number of carbonyl (C=O) groups is 1. The summed E-state index contributed by atoms with van der Waals surface area (Å²) in [5, 5.41) is 0. The number of hydrogen-bond acceptors (Lipinski definition) is 3. The van der Waals surface area contributed by atoms with Crippen LogP contribution in [-0.4, -0.2) is 26.7 Å². The summed E-state index contributed by atoms with van der Waals surface area (Å²) in [5.41, 5.74) is 1.41. The zero-order valence-corrected chi connectivity index (χ0v) is 17.9. The van der Waals surface area contributed by atoms with E-state index in [1.165, 1.54) is 12.1 Å². The fourth-order valence-corrected chi connectivity index (χ4v) is 3.38.